The largest absolute Gasteiger partial charge is 0.487 e. The molecular formula is C14H10ClNO5. The van der Waals surface area contributed by atoms with E-state index in [2.05, 4.69) is 0 Å². The quantitative estimate of drug-likeness (QED) is 0.638. The lowest BCUT2D eigenvalue weighted by Gasteiger charge is -2.08. The van der Waals surface area contributed by atoms with Gasteiger partial charge in [-0.05, 0) is 23.8 Å². The van der Waals surface area contributed by atoms with Crippen LogP contribution in [0.2, 0.25) is 5.02 Å². The third-order valence-electron chi connectivity index (χ3n) is 2.96. The average Bonchev–Trinajstić information content (AvgIpc) is 2.93. The lowest BCUT2D eigenvalue weighted by molar-refractivity contribution is -0.384. The molecule has 0 saturated heterocycles. The summed E-state index contributed by atoms with van der Waals surface area (Å²) in [6, 6.07) is 9.57. The van der Waals surface area contributed by atoms with Crippen LogP contribution < -0.4 is 14.2 Å². The SMILES string of the molecule is O=[N+]([O-])c1ccc(OCc2ccc3c(c2)OCO3)c(Cl)c1. The summed E-state index contributed by atoms with van der Waals surface area (Å²) in [7, 11) is 0. The van der Waals surface area contributed by atoms with Gasteiger partial charge in [-0.3, -0.25) is 10.1 Å². The molecule has 0 N–H and O–H groups in total. The third-order valence-corrected chi connectivity index (χ3v) is 3.25. The minimum Gasteiger partial charge on any atom is -0.487 e. The van der Waals surface area contributed by atoms with E-state index < -0.39 is 4.92 Å². The molecule has 0 aromatic heterocycles. The molecule has 0 amide bonds. The van der Waals surface area contributed by atoms with Crippen molar-refractivity contribution in [3.05, 3.63) is 57.1 Å². The average molecular weight is 308 g/mol. The van der Waals surface area contributed by atoms with Crippen LogP contribution in [0, 0.1) is 10.1 Å². The number of fused-ring (bicyclic) bond motifs is 1. The van der Waals surface area contributed by atoms with E-state index in [9.17, 15) is 10.1 Å². The number of nitrogens with zero attached hydrogens (tertiary/aromatic N) is 1. The number of ether oxygens (including phenoxy) is 3. The van der Waals surface area contributed by atoms with E-state index in [-0.39, 0.29) is 24.1 Å². The molecule has 7 heteroatoms. The van der Waals surface area contributed by atoms with Crippen molar-refractivity contribution in [3.63, 3.8) is 0 Å². The van der Waals surface area contributed by atoms with E-state index in [1.54, 1.807) is 6.07 Å². The molecule has 21 heavy (non-hydrogen) atoms. The van der Waals surface area contributed by atoms with Crippen LogP contribution in [0.1, 0.15) is 5.56 Å². The normalized spacial score (nSPS) is 12.2. The van der Waals surface area contributed by atoms with Gasteiger partial charge in [-0.15, -0.1) is 0 Å². The number of hydrogen-bond acceptors (Lipinski definition) is 5. The Labute approximate surface area is 125 Å². The number of nitro groups is 1. The van der Waals surface area contributed by atoms with E-state index in [0.29, 0.717) is 17.2 Å². The molecular weight excluding hydrogens is 298 g/mol. The molecule has 6 nitrogen and oxygen atoms in total. The van der Waals surface area contributed by atoms with Gasteiger partial charge in [-0.1, -0.05) is 17.7 Å². The number of benzene rings is 2. The van der Waals surface area contributed by atoms with Gasteiger partial charge in [0.15, 0.2) is 11.5 Å². The molecule has 0 saturated carbocycles. The summed E-state index contributed by atoms with van der Waals surface area (Å²) >= 11 is 5.96. The standard InChI is InChI=1S/C14H10ClNO5/c15-11-6-10(16(17)18)2-4-12(11)19-7-9-1-3-13-14(5-9)21-8-20-13/h1-6H,7-8H2. The van der Waals surface area contributed by atoms with Gasteiger partial charge in [0.1, 0.15) is 12.4 Å². The zero-order valence-corrected chi connectivity index (χ0v) is 11.5. The van der Waals surface area contributed by atoms with Crippen LogP contribution in [0.4, 0.5) is 5.69 Å². The number of non-ortho nitro benzene ring substituents is 1. The Kier molecular flexibility index (Phi) is 3.53. The first-order valence-corrected chi connectivity index (χ1v) is 6.46. The highest BCUT2D eigenvalue weighted by Gasteiger charge is 2.14. The second kappa shape index (κ2) is 5.49. The molecule has 0 atom stereocenters. The second-order valence-electron chi connectivity index (χ2n) is 4.35. The van der Waals surface area contributed by atoms with Crippen LogP contribution in [0.15, 0.2) is 36.4 Å². The predicted molar refractivity (Wildman–Crippen MR) is 75.0 cm³/mol. The van der Waals surface area contributed by atoms with E-state index in [4.69, 9.17) is 25.8 Å². The smallest absolute Gasteiger partial charge is 0.271 e. The van der Waals surface area contributed by atoms with Crippen molar-refractivity contribution in [1.29, 1.82) is 0 Å². The Morgan fingerprint density at radius 1 is 1.19 bits per heavy atom. The van der Waals surface area contributed by atoms with Gasteiger partial charge in [0, 0.05) is 12.1 Å². The highest BCUT2D eigenvalue weighted by Crippen LogP contribution is 2.33. The molecule has 2 aromatic carbocycles. The molecule has 0 bridgehead atoms. The fourth-order valence-electron chi connectivity index (χ4n) is 1.91. The van der Waals surface area contributed by atoms with Gasteiger partial charge < -0.3 is 14.2 Å². The molecule has 0 spiro atoms. The number of halogens is 1. The fraction of sp³-hybridized carbons (Fsp3) is 0.143. The van der Waals surface area contributed by atoms with Gasteiger partial charge in [-0.2, -0.15) is 0 Å². The molecule has 3 rings (SSSR count). The summed E-state index contributed by atoms with van der Waals surface area (Å²) in [5.74, 6) is 1.76. The first-order valence-electron chi connectivity index (χ1n) is 6.09. The number of nitro benzene ring substituents is 1. The second-order valence-corrected chi connectivity index (χ2v) is 4.76. The van der Waals surface area contributed by atoms with Gasteiger partial charge in [0.25, 0.3) is 5.69 Å². The highest BCUT2D eigenvalue weighted by atomic mass is 35.5. The first kappa shape index (κ1) is 13.5. The third kappa shape index (κ3) is 2.85. The molecule has 2 aromatic rings. The minimum absolute atomic E-state index is 0.0737. The number of hydrogen-bond donors (Lipinski definition) is 0. The van der Waals surface area contributed by atoms with Crippen molar-refractivity contribution in [2.45, 2.75) is 6.61 Å². The van der Waals surface area contributed by atoms with E-state index in [1.165, 1.54) is 18.2 Å². The predicted octanol–water partition coefficient (Wildman–Crippen LogP) is 3.56. The maximum atomic E-state index is 10.6. The van der Waals surface area contributed by atoms with Gasteiger partial charge in [0.2, 0.25) is 6.79 Å². The van der Waals surface area contributed by atoms with Crippen molar-refractivity contribution >= 4 is 17.3 Å². The zero-order valence-electron chi connectivity index (χ0n) is 10.7. The summed E-state index contributed by atoms with van der Waals surface area (Å²) in [5, 5.41) is 10.8. The van der Waals surface area contributed by atoms with Crippen LogP contribution in [0.25, 0.3) is 0 Å². The van der Waals surface area contributed by atoms with Crippen LogP contribution in [-0.4, -0.2) is 11.7 Å². The first-order chi connectivity index (χ1) is 10.1. The molecule has 0 radical (unpaired) electrons. The van der Waals surface area contributed by atoms with Crippen LogP contribution in [0.3, 0.4) is 0 Å². The minimum atomic E-state index is -0.506. The van der Waals surface area contributed by atoms with Crippen molar-refractivity contribution in [3.8, 4) is 17.2 Å². The fourth-order valence-corrected chi connectivity index (χ4v) is 2.14. The van der Waals surface area contributed by atoms with Crippen LogP contribution >= 0.6 is 11.6 Å². The molecule has 1 heterocycles. The summed E-state index contributed by atoms with van der Waals surface area (Å²) in [4.78, 5) is 10.1. The monoisotopic (exact) mass is 307 g/mol. The Balaban J connectivity index is 1.71. The van der Waals surface area contributed by atoms with Crippen molar-refractivity contribution < 1.29 is 19.1 Å². The summed E-state index contributed by atoms with van der Waals surface area (Å²) in [6.45, 7) is 0.488. The molecule has 0 unspecified atom stereocenters. The highest BCUT2D eigenvalue weighted by molar-refractivity contribution is 6.32. The Bertz CT molecular complexity index is 704. The van der Waals surface area contributed by atoms with Crippen molar-refractivity contribution in [2.75, 3.05) is 6.79 Å². The maximum Gasteiger partial charge on any atom is 0.271 e. The van der Waals surface area contributed by atoms with E-state index >= 15 is 0 Å². The molecule has 0 aliphatic carbocycles. The molecule has 1 aliphatic rings. The topological polar surface area (TPSA) is 70.8 Å². The Hall–Kier alpha value is -2.47. The van der Waals surface area contributed by atoms with Crippen LogP contribution in [-0.2, 0) is 6.61 Å². The Morgan fingerprint density at radius 2 is 2.00 bits per heavy atom. The lowest BCUT2D eigenvalue weighted by atomic mass is 10.2. The summed E-state index contributed by atoms with van der Waals surface area (Å²) in [6.07, 6.45) is 0. The number of rotatable bonds is 4. The Morgan fingerprint density at radius 3 is 2.76 bits per heavy atom. The van der Waals surface area contributed by atoms with Gasteiger partial charge in [0.05, 0.1) is 9.95 Å². The van der Waals surface area contributed by atoms with E-state index in [0.717, 1.165) is 5.56 Å². The van der Waals surface area contributed by atoms with Crippen molar-refractivity contribution in [2.24, 2.45) is 0 Å². The molecule has 1 aliphatic heterocycles. The summed E-state index contributed by atoms with van der Waals surface area (Å²) < 4.78 is 16.1. The van der Waals surface area contributed by atoms with Gasteiger partial charge >= 0.3 is 0 Å². The lowest BCUT2D eigenvalue weighted by Crippen LogP contribution is -1.97. The van der Waals surface area contributed by atoms with Crippen molar-refractivity contribution in [1.82, 2.24) is 0 Å². The van der Waals surface area contributed by atoms with Gasteiger partial charge in [-0.25, -0.2) is 0 Å². The molecule has 0 fully saturated rings. The van der Waals surface area contributed by atoms with E-state index in [1.807, 2.05) is 12.1 Å². The zero-order chi connectivity index (χ0) is 14.8. The molecule has 108 valence electrons. The van der Waals surface area contributed by atoms with Crippen LogP contribution in [0.5, 0.6) is 17.2 Å². The maximum absolute atomic E-state index is 10.6. The summed E-state index contributed by atoms with van der Waals surface area (Å²) in [5.41, 5.74) is 0.809.